The molecule has 1 unspecified atom stereocenters. The van der Waals surface area contributed by atoms with Crippen molar-refractivity contribution < 1.29 is 9.31 Å². The molecule has 1 aromatic rings. The van der Waals surface area contributed by atoms with E-state index < -0.39 is 22.5 Å². The molecule has 5 heteroatoms. The predicted molar refractivity (Wildman–Crippen MR) is 50.3 cm³/mol. The smallest absolute Gasteiger partial charge is 0.305 e. The van der Waals surface area contributed by atoms with Crippen LogP contribution in [0, 0.1) is 15.9 Å². The zero-order valence-electron chi connectivity index (χ0n) is 7.74. The minimum Gasteiger partial charge on any atom is -0.324 e. The summed E-state index contributed by atoms with van der Waals surface area (Å²) in [5.41, 5.74) is 5.28. The van der Waals surface area contributed by atoms with Gasteiger partial charge in [-0.15, -0.1) is 0 Å². The zero-order valence-corrected chi connectivity index (χ0v) is 7.74. The summed E-state index contributed by atoms with van der Waals surface area (Å²) in [5, 5.41) is 10.4. The number of benzene rings is 1. The van der Waals surface area contributed by atoms with Gasteiger partial charge in [0.05, 0.1) is 4.92 Å². The zero-order chi connectivity index (χ0) is 10.7. The van der Waals surface area contributed by atoms with Crippen LogP contribution >= 0.6 is 0 Å². The highest BCUT2D eigenvalue weighted by molar-refractivity contribution is 5.38. The summed E-state index contributed by atoms with van der Waals surface area (Å²) in [6, 6.07) is 3.54. The monoisotopic (exact) mass is 198 g/mol. The van der Waals surface area contributed by atoms with Gasteiger partial charge >= 0.3 is 5.69 Å². The lowest BCUT2D eigenvalue weighted by Gasteiger charge is -2.09. The third-order valence-electron chi connectivity index (χ3n) is 2.04. The number of nitro groups is 1. The van der Waals surface area contributed by atoms with Gasteiger partial charge in [-0.2, -0.15) is 4.39 Å². The number of nitrogens with two attached hydrogens (primary N) is 1. The van der Waals surface area contributed by atoms with Gasteiger partial charge in [-0.3, -0.25) is 10.1 Å². The maximum absolute atomic E-state index is 13.4. The summed E-state index contributed by atoms with van der Waals surface area (Å²) in [4.78, 5) is 9.66. The maximum atomic E-state index is 13.4. The lowest BCUT2D eigenvalue weighted by atomic mass is 10.0. The Kier molecular flexibility index (Phi) is 3.14. The SMILES string of the molecule is CCC(N)c1cccc([N+](=O)[O-])c1F. The highest BCUT2D eigenvalue weighted by Crippen LogP contribution is 2.24. The van der Waals surface area contributed by atoms with Gasteiger partial charge in [-0.05, 0) is 6.42 Å². The second-order valence-electron chi connectivity index (χ2n) is 2.95. The van der Waals surface area contributed by atoms with Crippen molar-refractivity contribution in [3.05, 3.63) is 39.7 Å². The van der Waals surface area contributed by atoms with Crippen molar-refractivity contribution in [2.45, 2.75) is 19.4 Å². The quantitative estimate of drug-likeness (QED) is 0.597. The number of rotatable bonds is 3. The van der Waals surface area contributed by atoms with Crippen LogP contribution in [0.2, 0.25) is 0 Å². The number of hydrogen-bond donors (Lipinski definition) is 1. The van der Waals surface area contributed by atoms with Crippen LogP contribution in [0.4, 0.5) is 10.1 Å². The molecule has 14 heavy (non-hydrogen) atoms. The van der Waals surface area contributed by atoms with E-state index in [9.17, 15) is 14.5 Å². The van der Waals surface area contributed by atoms with Gasteiger partial charge in [0.15, 0.2) is 0 Å². The molecule has 2 N–H and O–H groups in total. The fourth-order valence-electron chi connectivity index (χ4n) is 1.18. The van der Waals surface area contributed by atoms with E-state index >= 15 is 0 Å². The van der Waals surface area contributed by atoms with E-state index in [2.05, 4.69) is 0 Å². The summed E-state index contributed by atoms with van der Waals surface area (Å²) >= 11 is 0. The number of hydrogen-bond acceptors (Lipinski definition) is 3. The van der Waals surface area contributed by atoms with Crippen molar-refractivity contribution in [3.8, 4) is 0 Å². The Labute approximate surface area is 80.7 Å². The predicted octanol–water partition coefficient (Wildman–Crippen LogP) is 2.14. The first-order chi connectivity index (χ1) is 6.57. The molecule has 0 aromatic heterocycles. The Balaban J connectivity index is 3.20. The number of halogens is 1. The molecule has 0 aliphatic rings. The third kappa shape index (κ3) is 1.88. The van der Waals surface area contributed by atoms with Crippen LogP contribution < -0.4 is 5.73 Å². The second-order valence-corrected chi connectivity index (χ2v) is 2.95. The lowest BCUT2D eigenvalue weighted by Crippen LogP contribution is -2.11. The van der Waals surface area contributed by atoms with Crippen LogP contribution in [-0.4, -0.2) is 4.92 Å². The second kappa shape index (κ2) is 4.15. The normalized spacial score (nSPS) is 12.5. The van der Waals surface area contributed by atoms with Crippen molar-refractivity contribution in [1.29, 1.82) is 0 Å². The van der Waals surface area contributed by atoms with E-state index in [-0.39, 0.29) is 5.56 Å². The minimum atomic E-state index is -0.827. The van der Waals surface area contributed by atoms with Gasteiger partial charge in [0.2, 0.25) is 5.82 Å². The standard InChI is InChI=1S/C9H11FN2O2/c1-2-7(11)6-4-3-5-8(9(6)10)12(13)14/h3-5,7H,2,11H2,1H3. The molecule has 76 valence electrons. The van der Waals surface area contributed by atoms with Crippen molar-refractivity contribution in [1.82, 2.24) is 0 Å². The largest absolute Gasteiger partial charge is 0.324 e. The molecule has 0 spiro atoms. The lowest BCUT2D eigenvalue weighted by molar-refractivity contribution is -0.387. The maximum Gasteiger partial charge on any atom is 0.305 e. The van der Waals surface area contributed by atoms with Gasteiger partial charge in [-0.25, -0.2) is 0 Å². The molecule has 0 radical (unpaired) electrons. The van der Waals surface area contributed by atoms with Crippen molar-refractivity contribution in [3.63, 3.8) is 0 Å². The summed E-state index contributed by atoms with van der Waals surface area (Å²) in [6.45, 7) is 1.79. The van der Waals surface area contributed by atoms with Crippen molar-refractivity contribution in [2.75, 3.05) is 0 Å². The first kappa shape index (κ1) is 10.6. The van der Waals surface area contributed by atoms with E-state index in [0.717, 1.165) is 6.07 Å². The number of nitrogens with zero attached hydrogens (tertiary/aromatic N) is 1. The van der Waals surface area contributed by atoms with Gasteiger partial charge in [0.1, 0.15) is 0 Å². The third-order valence-corrected chi connectivity index (χ3v) is 2.04. The molecule has 4 nitrogen and oxygen atoms in total. The molecule has 0 saturated carbocycles. The van der Waals surface area contributed by atoms with Gasteiger partial charge < -0.3 is 5.73 Å². The van der Waals surface area contributed by atoms with Gasteiger partial charge in [0.25, 0.3) is 0 Å². The average Bonchev–Trinajstić information content (AvgIpc) is 2.16. The van der Waals surface area contributed by atoms with E-state index in [0.29, 0.717) is 6.42 Å². The molecule has 0 heterocycles. The molecule has 1 rings (SSSR count). The molecular weight excluding hydrogens is 187 g/mol. The van der Waals surface area contributed by atoms with Crippen molar-refractivity contribution >= 4 is 5.69 Å². The summed E-state index contributed by atoms with van der Waals surface area (Å²) < 4.78 is 13.4. The van der Waals surface area contributed by atoms with Crippen LogP contribution in [0.1, 0.15) is 24.9 Å². The molecule has 0 amide bonds. The molecule has 0 fully saturated rings. The highest BCUT2D eigenvalue weighted by Gasteiger charge is 2.19. The number of nitro benzene ring substituents is 1. The average molecular weight is 198 g/mol. The van der Waals surface area contributed by atoms with Crippen LogP contribution in [0.5, 0.6) is 0 Å². The molecule has 0 bridgehead atoms. The van der Waals surface area contributed by atoms with E-state index in [1.807, 2.05) is 0 Å². The summed E-state index contributed by atoms with van der Waals surface area (Å²) in [5.74, 6) is -0.827. The first-order valence-corrected chi connectivity index (χ1v) is 4.26. The molecule has 1 atom stereocenters. The first-order valence-electron chi connectivity index (χ1n) is 4.26. The van der Waals surface area contributed by atoms with E-state index in [1.54, 1.807) is 6.92 Å². The fraction of sp³-hybridized carbons (Fsp3) is 0.333. The van der Waals surface area contributed by atoms with Crippen LogP contribution in [0.25, 0.3) is 0 Å². The summed E-state index contributed by atoms with van der Waals surface area (Å²) in [6.07, 6.45) is 0.540. The fourth-order valence-corrected chi connectivity index (χ4v) is 1.18. The molecular formula is C9H11FN2O2. The van der Waals surface area contributed by atoms with Crippen LogP contribution in [-0.2, 0) is 0 Å². The molecule has 1 aromatic carbocycles. The Morgan fingerprint density at radius 3 is 2.79 bits per heavy atom. The Morgan fingerprint density at radius 2 is 2.29 bits per heavy atom. The topological polar surface area (TPSA) is 69.2 Å². The van der Waals surface area contributed by atoms with E-state index in [4.69, 9.17) is 5.73 Å². The van der Waals surface area contributed by atoms with Crippen LogP contribution in [0.3, 0.4) is 0 Å². The molecule has 0 aliphatic carbocycles. The molecule has 0 saturated heterocycles. The minimum absolute atomic E-state index is 0.196. The van der Waals surface area contributed by atoms with Gasteiger partial charge in [-0.1, -0.05) is 19.1 Å². The highest BCUT2D eigenvalue weighted by atomic mass is 19.1. The molecule has 0 aliphatic heterocycles. The van der Waals surface area contributed by atoms with E-state index in [1.165, 1.54) is 12.1 Å². The summed E-state index contributed by atoms with van der Waals surface area (Å²) in [7, 11) is 0. The Hall–Kier alpha value is -1.49. The van der Waals surface area contributed by atoms with Gasteiger partial charge in [0, 0.05) is 17.7 Å². The van der Waals surface area contributed by atoms with Crippen LogP contribution in [0.15, 0.2) is 18.2 Å². The Bertz CT molecular complexity index is 355. The van der Waals surface area contributed by atoms with Crippen molar-refractivity contribution in [2.24, 2.45) is 5.73 Å². The Morgan fingerprint density at radius 1 is 1.64 bits per heavy atom.